The maximum Gasteiger partial charge on any atom is 0.124 e. The normalized spacial score (nSPS) is 16.5. The average Bonchev–Trinajstić information content (AvgIpc) is 2.48. The number of aliphatic hydroxyl groups is 1. The minimum Gasteiger partial charge on any atom is -0.496 e. The molecule has 0 unspecified atom stereocenters. The maximum absolute atomic E-state index is 9.17. The zero-order valence-electron chi connectivity index (χ0n) is 11.7. The van der Waals surface area contributed by atoms with E-state index in [1.807, 2.05) is 18.2 Å². The zero-order chi connectivity index (χ0) is 13.5. The largest absolute Gasteiger partial charge is 0.496 e. The number of aliphatic hydroxyl groups excluding tert-OH is 1. The highest BCUT2D eigenvalue weighted by molar-refractivity contribution is 5.36. The molecule has 1 aromatic carbocycles. The molecule has 1 aliphatic carbocycles. The first-order chi connectivity index (χ1) is 9.33. The van der Waals surface area contributed by atoms with Crippen molar-refractivity contribution < 1.29 is 14.6 Å². The maximum atomic E-state index is 9.17. The molecule has 0 heterocycles. The monoisotopic (exact) mass is 264 g/mol. The van der Waals surface area contributed by atoms with Gasteiger partial charge in [-0.05, 0) is 36.5 Å². The summed E-state index contributed by atoms with van der Waals surface area (Å²) in [6, 6.07) is 5.73. The predicted molar refractivity (Wildman–Crippen MR) is 75.1 cm³/mol. The third-order valence-electron chi connectivity index (χ3n) is 3.86. The van der Waals surface area contributed by atoms with Crippen molar-refractivity contribution in [3.63, 3.8) is 0 Å². The second-order valence-corrected chi connectivity index (χ2v) is 5.32. The van der Waals surface area contributed by atoms with E-state index in [1.54, 1.807) is 7.11 Å². The summed E-state index contributed by atoms with van der Waals surface area (Å²) >= 11 is 0. The number of ether oxygens (including phenoxy) is 2. The van der Waals surface area contributed by atoms with Gasteiger partial charge >= 0.3 is 0 Å². The van der Waals surface area contributed by atoms with Crippen molar-refractivity contribution in [3.8, 4) is 5.75 Å². The topological polar surface area (TPSA) is 38.7 Å². The molecule has 1 aliphatic rings. The van der Waals surface area contributed by atoms with Crippen LogP contribution < -0.4 is 4.74 Å². The number of rotatable bonds is 6. The molecule has 3 nitrogen and oxygen atoms in total. The van der Waals surface area contributed by atoms with Crippen molar-refractivity contribution in [2.75, 3.05) is 13.7 Å². The zero-order valence-corrected chi connectivity index (χ0v) is 11.7. The van der Waals surface area contributed by atoms with Crippen LogP contribution in [0, 0.1) is 5.92 Å². The van der Waals surface area contributed by atoms with Crippen molar-refractivity contribution in [1.82, 2.24) is 0 Å². The molecule has 106 valence electrons. The Morgan fingerprint density at radius 1 is 1.21 bits per heavy atom. The van der Waals surface area contributed by atoms with Gasteiger partial charge in [-0.25, -0.2) is 0 Å². The lowest BCUT2D eigenvalue weighted by Crippen LogP contribution is -2.13. The molecule has 1 saturated carbocycles. The Kier molecular flexibility index (Phi) is 5.67. The molecule has 1 aromatic rings. The van der Waals surface area contributed by atoms with Crippen LogP contribution >= 0.6 is 0 Å². The van der Waals surface area contributed by atoms with Crippen LogP contribution in [0.5, 0.6) is 5.75 Å². The van der Waals surface area contributed by atoms with Gasteiger partial charge in [-0.2, -0.15) is 0 Å². The van der Waals surface area contributed by atoms with Gasteiger partial charge < -0.3 is 14.6 Å². The minimum absolute atomic E-state index is 0.0552. The summed E-state index contributed by atoms with van der Waals surface area (Å²) in [5.74, 6) is 1.56. The van der Waals surface area contributed by atoms with Crippen LogP contribution in [0.1, 0.15) is 43.2 Å². The molecule has 3 heteroatoms. The van der Waals surface area contributed by atoms with Crippen molar-refractivity contribution in [1.29, 1.82) is 0 Å². The van der Waals surface area contributed by atoms with Gasteiger partial charge in [0.25, 0.3) is 0 Å². The Labute approximate surface area is 115 Å². The highest BCUT2D eigenvalue weighted by Gasteiger charge is 2.14. The molecule has 19 heavy (non-hydrogen) atoms. The van der Waals surface area contributed by atoms with Gasteiger partial charge in [0.15, 0.2) is 0 Å². The molecule has 2 rings (SSSR count). The fourth-order valence-corrected chi connectivity index (χ4v) is 2.73. The van der Waals surface area contributed by atoms with Crippen molar-refractivity contribution in [2.24, 2.45) is 5.92 Å². The number of hydrogen-bond acceptors (Lipinski definition) is 3. The Hall–Kier alpha value is -1.06. The van der Waals surface area contributed by atoms with Gasteiger partial charge in [0.1, 0.15) is 5.75 Å². The molecule has 1 N–H and O–H groups in total. The van der Waals surface area contributed by atoms with Crippen LogP contribution in [0.15, 0.2) is 18.2 Å². The fraction of sp³-hybridized carbons (Fsp3) is 0.625. The van der Waals surface area contributed by atoms with Gasteiger partial charge in [0.05, 0.1) is 20.3 Å². The van der Waals surface area contributed by atoms with Crippen LogP contribution in [0.2, 0.25) is 0 Å². The second-order valence-electron chi connectivity index (χ2n) is 5.32. The molecule has 0 saturated heterocycles. The Balaban J connectivity index is 1.86. The summed E-state index contributed by atoms with van der Waals surface area (Å²) in [7, 11) is 1.67. The highest BCUT2D eigenvalue weighted by atomic mass is 16.5. The van der Waals surface area contributed by atoms with Crippen molar-refractivity contribution in [2.45, 2.75) is 45.3 Å². The van der Waals surface area contributed by atoms with E-state index >= 15 is 0 Å². The highest BCUT2D eigenvalue weighted by Crippen LogP contribution is 2.25. The van der Waals surface area contributed by atoms with E-state index in [4.69, 9.17) is 9.47 Å². The van der Waals surface area contributed by atoms with E-state index in [1.165, 1.54) is 32.1 Å². The molecular formula is C16H24O3. The molecule has 0 radical (unpaired) electrons. The molecule has 0 atom stereocenters. The SMILES string of the molecule is COc1ccc(CO)cc1COCC1CCCCC1. The van der Waals surface area contributed by atoms with Crippen LogP contribution in [-0.4, -0.2) is 18.8 Å². The van der Waals surface area contributed by atoms with Gasteiger partial charge in [-0.1, -0.05) is 25.3 Å². The molecule has 1 fully saturated rings. The van der Waals surface area contributed by atoms with Crippen LogP contribution in [0.4, 0.5) is 0 Å². The van der Waals surface area contributed by atoms with E-state index in [2.05, 4.69) is 0 Å². The summed E-state index contributed by atoms with van der Waals surface area (Å²) in [6.45, 7) is 1.46. The third-order valence-corrected chi connectivity index (χ3v) is 3.86. The average molecular weight is 264 g/mol. The van der Waals surface area contributed by atoms with E-state index in [-0.39, 0.29) is 6.61 Å². The molecule has 0 aromatic heterocycles. The molecule has 0 amide bonds. The standard InChI is InChI=1S/C16H24O3/c1-18-16-8-7-14(10-17)9-15(16)12-19-11-13-5-3-2-4-6-13/h7-9,13,17H,2-6,10-12H2,1H3. The summed E-state index contributed by atoms with van der Waals surface area (Å²) < 4.78 is 11.2. The van der Waals surface area contributed by atoms with E-state index in [0.29, 0.717) is 6.61 Å². The lowest BCUT2D eigenvalue weighted by molar-refractivity contribution is 0.0726. The molecule has 0 bridgehead atoms. The third kappa shape index (κ3) is 4.22. The predicted octanol–water partition coefficient (Wildman–Crippen LogP) is 3.28. The van der Waals surface area contributed by atoms with Crippen molar-refractivity contribution in [3.05, 3.63) is 29.3 Å². The lowest BCUT2D eigenvalue weighted by atomic mass is 9.90. The van der Waals surface area contributed by atoms with E-state index in [0.717, 1.165) is 29.4 Å². The minimum atomic E-state index is 0.0552. The van der Waals surface area contributed by atoms with Gasteiger partial charge in [0.2, 0.25) is 0 Å². The summed E-state index contributed by atoms with van der Waals surface area (Å²) in [6.07, 6.45) is 6.67. The van der Waals surface area contributed by atoms with E-state index in [9.17, 15) is 5.11 Å². The van der Waals surface area contributed by atoms with Crippen LogP contribution in [-0.2, 0) is 18.0 Å². The Morgan fingerprint density at radius 3 is 2.68 bits per heavy atom. The first kappa shape index (κ1) is 14.4. The fourth-order valence-electron chi connectivity index (χ4n) is 2.73. The van der Waals surface area contributed by atoms with Crippen LogP contribution in [0.25, 0.3) is 0 Å². The van der Waals surface area contributed by atoms with Gasteiger partial charge in [-0.3, -0.25) is 0 Å². The lowest BCUT2D eigenvalue weighted by Gasteiger charge is -2.21. The smallest absolute Gasteiger partial charge is 0.124 e. The second kappa shape index (κ2) is 7.51. The molecular weight excluding hydrogens is 240 g/mol. The van der Waals surface area contributed by atoms with Crippen LogP contribution in [0.3, 0.4) is 0 Å². The van der Waals surface area contributed by atoms with Crippen molar-refractivity contribution >= 4 is 0 Å². The van der Waals surface area contributed by atoms with Gasteiger partial charge in [0, 0.05) is 12.2 Å². The number of methoxy groups -OCH3 is 1. The quantitative estimate of drug-likeness (QED) is 0.857. The Bertz CT molecular complexity index is 384. The summed E-state index contributed by atoms with van der Waals surface area (Å²) in [5.41, 5.74) is 1.92. The summed E-state index contributed by atoms with van der Waals surface area (Å²) in [5, 5.41) is 9.17. The Morgan fingerprint density at radius 2 is 2.00 bits per heavy atom. The summed E-state index contributed by atoms with van der Waals surface area (Å²) in [4.78, 5) is 0. The van der Waals surface area contributed by atoms with E-state index < -0.39 is 0 Å². The van der Waals surface area contributed by atoms with Gasteiger partial charge in [-0.15, -0.1) is 0 Å². The molecule has 0 aliphatic heterocycles. The number of hydrogen-bond donors (Lipinski definition) is 1. The molecule has 0 spiro atoms. The first-order valence-corrected chi connectivity index (χ1v) is 7.18. The first-order valence-electron chi connectivity index (χ1n) is 7.18. The number of benzene rings is 1.